The highest BCUT2D eigenvalue weighted by atomic mass is 19.4. The van der Waals surface area contributed by atoms with Gasteiger partial charge in [0.15, 0.2) is 11.6 Å². The van der Waals surface area contributed by atoms with Crippen LogP contribution in [-0.2, 0) is 15.7 Å². The van der Waals surface area contributed by atoms with Gasteiger partial charge in [0, 0.05) is 17.8 Å². The Bertz CT molecular complexity index is 1050. The number of aromatic nitrogens is 5. The summed E-state index contributed by atoms with van der Waals surface area (Å²) in [6.45, 7) is 3.41. The third kappa shape index (κ3) is 5.63. The van der Waals surface area contributed by atoms with E-state index in [2.05, 4.69) is 20.1 Å². The number of halogens is 3. The number of ether oxygens (including phenoxy) is 2. The van der Waals surface area contributed by atoms with E-state index in [1.54, 1.807) is 13.8 Å². The van der Waals surface area contributed by atoms with Crippen LogP contribution in [0.4, 0.5) is 13.2 Å². The van der Waals surface area contributed by atoms with Crippen LogP contribution < -0.4 is 4.74 Å². The number of benzene rings is 1. The van der Waals surface area contributed by atoms with Crippen LogP contribution in [0.1, 0.15) is 19.4 Å². The number of alkyl halides is 3. The van der Waals surface area contributed by atoms with Crippen molar-refractivity contribution in [3.63, 3.8) is 0 Å². The Labute approximate surface area is 169 Å². The topological polar surface area (TPSA) is 92.0 Å². The molecule has 0 bridgehead atoms. The van der Waals surface area contributed by atoms with Crippen molar-refractivity contribution in [1.82, 2.24) is 24.7 Å². The number of rotatable bonds is 6. The molecule has 11 heteroatoms. The standard InChI is InChI=1S/C19H16F3N5O3/c1-12(2)29-17(28)3-4-27-11-25-18(26-27)13-5-14(19(20,21)22)7-15(6-13)30-16-8-23-10-24-9-16/h3-12H,1-2H3/b4-3+. The van der Waals surface area contributed by atoms with Crippen molar-refractivity contribution in [2.75, 3.05) is 0 Å². The molecule has 2 heterocycles. The lowest BCUT2D eigenvalue weighted by atomic mass is 10.1. The Morgan fingerprint density at radius 2 is 1.87 bits per heavy atom. The Balaban J connectivity index is 1.89. The maximum Gasteiger partial charge on any atom is 0.416 e. The van der Waals surface area contributed by atoms with E-state index in [1.165, 1.54) is 42.0 Å². The Kier molecular flexibility index (Phi) is 6.09. The number of carbonyl (C=O) groups excluding carboxylic acids is 1. The maximum atomic E-state index is 13.3. The van der Waals surface area contributed by atoms with Crippen molar-refractivity contribution in [2.45, 2.75) is 26.1 Å². The minimum atomic E-state index is -4.61. The Morgan fingerprint density at radius 3 is 2.53 bits per heavy atom. The van der Waals surface area contributed by atoms with Crippen LogP contribution in [0.15, 0.2) is 49.3 Å². The summed E-state index contributed by atoms with van der Waals surface area (Å²) in [5, 5.41) is 4.07. The lowest BCUT2D eigenvalue weighted by molar-refractivity contribution is -0.141. The lowest BCUT2D eigenvalue weighted by Crippen LogP contribution is -2.08. The monoisotopic (exact) mass is 419 g/mol. The van der Waals surface area contributed by atoms with Gasteiger partial charge in [0.2, 0.25) is 0 Å². The maximum absolute atomic E-state index is 13.3. The van der Waals surface area contributed by atoms with E-state index in [0.29, 0.717) is 0 Å². The third-order valence-corrected chi connectivity index (χ3v) is 3.49. The van der Waals surface area contributed by atoms with Crippen LogP contribution in [0.3, 0.4) is 0 Å². The van der Waals surface area contributed by atoms with Gasteiger partial charge in [0.1, 0.15) is 18.4 Å². The molecule has 0 N–H and O–H groups in total. The van der Waals surface area contributed by atoms with Crippen LogP contribution in [-0.4, -0.2) is 36.8 Å². The molecule has 30 heavy (non-hydrogen) atoms. The van der Waals surface area contributed by atoms with E-state index in [0.717, 1.165) is 18.2 Å². The number of nitrogens with zero attached hydrogens (tertiary/aromatic N) is 5. The highest BCUT2D eigenvalue weighted by Gasteiger charge is 2.32. The second-order valence-electron chi connectivity index (χ2n) is 6.27. The molecule has 0 saturated carbocycles. The molecule has 0 unspecified atom stereocenters. The molecule has 3 aromatic rings. The summed E-state index contributed by atoms with van der Waals surface area (Å²) in [6, 6.07) is 3.12. The molecule has 0 saturated heterocycles. The molecular formula is C19H16F3N5O3. The van der Waals surface area contributed by atoms with Crippen molar-refractivity contribution in [1.29, 1.82) is 0 Å². The fraction of sp³-hybridized carbons (Fsp3) is 0.211. The lowest BCUT2D eigenvalue weighted by Gasteiger charge is -2.11. The van der Waals surface area contributed by atoms with Crippen LogP contribution in [0, 0.1) is 0 Å². The molecule has 8 nitrogen and oxygen atoms in total. The molecule has 0 aliphatic heterocycles. The molecule has 0 spiro atoms. The van der Waals surface area contributed by atoms with Crippen molar-refractivity contribution in [3.8, 4) is 22.9 Å². The van der Waals surface area contributed by atoms with Crippen LogP contribution in [0.5, 0.6) is 11.5 Å². The predicted octanol–water partition coefficient (Wildman–Crippen LogP) is 3.97. The summed E-state index contributed by atoms with van der Waals surface area (Å²) in [6.07, 6.45) is 2.69. The first-order chi connectivity index (χ1) is 14.2. The van der Waals surface area contributed by atoms with Crippen LogP contribution >= 0.6 is 0 Å². The molecular weight excluding hydrogens is 403 g/mol. The zero-order valence-corrected chi connectivity index (χ0v) is 15.9. The molecule has 1 aromatic carbocycles. The van der Waals surface area contributed by atoms with Gasteiger partial charge in [0.05, 0.1) is 24.1 Å². The SMILES string of the molecule is CC(C)OC(=O)/C=C/n1cnc(-c2cc(Oc3cncnc3)cc(C(F)(F)F)c2)n1. The number of hydrogen-bond acceptors (Lipinski definition) is 7. The van der Waals surface area contributed by atoms with Gasteiger partial charge in [0.25, 0.3) is 0 Å². The van der Waals surface area contributed by atoms with Crippen LogP contribution in [0.25, 0.3) is 17.6 Å². The smallest absolute Gasteiger partial charge is 0.416 e. The molecule has 2 aromatic heterocycles. The summed E-state index contributed by atoms with van der Waals surface area (Å²) < 4.78 is 51.6. The second-order valence-corrected chi connectivity index (χ2v) is 6.27. The highest BCUT2D eigenvalue weighted by molar-refractivity contribution is 5.85. The van der Waals surface area contributed by atoms with Gasteiger partial charge in [-0.05, 0) is 32.0 Å². The third-order valence-electron chi connectivity index (χ3n) is 3.49. The Hall–Kier alpha value is -3.76. The molecule has 0 fully saturated rings. The number of carbonyl (C=O) groups is 1. The zero-order valence-electron chi connectivity index (χ0n) is 15.9. The van der Waals surface area contributed by atoms with Gasteiger partial charge in [-0.1, -0.05) is 0 Å². The first kappa shape index (κ1) is 21.0. The molecule has 156 valence electrons. The minimum absolute atomic E-state index is 0.0112. The molecule has 0 atom stereocenters. The summed E-state index contributed by atoms with van der Waals surface area (Å²) in [5.74, 6) is -0.478. The first-order valence-electron chi connectivity index (χ1n) is 8.66. The van der Waals surface area contributed by atoms with Crippen molar-refractivity contribution in [2.24, 2.45) is 0 Å². The molecule has 0 aliphatic rings. The normalized spacial score (nSPS) is 11.8. The zero-order chi connectivity index (χ0) is 21.7. The van der Waals surface area contributed by atoms with Crippen molar-refractivity contribution >= 4 is 12.2 Å². The van der Waals surface area contributed by atoms with Gasteiger partial charge >= 0.3 is 12.1 Å². The van der Waals surface area contributed by atoms with Gasteiger partial charge in [-0.2, -0.15) is 13.2 Å². The molecule has 3 rings (SSSR count). The van der Waals surface area contributed by atoms with Gasteiger partial charge < -0.3 is 9.47 Å². The van der Waals surface area contributed by atoms with E-state index < -0.39 is 17.7 Å². The van der Waals surface area contributed by atoms with Gasteiger partial charge in [-0.3, -0.25) is 0 Å². The van der Waals surface area contributed by atoms with E-state index in [-0.39, 0.29) is 29.0 Å². The van der Waals surface area contributed by atoms with E-state index in [4.69, 9.17) is 9.47 Å². The Morgan fingerprint density at radius 1 is 1.13 bits per heavy atom. The van der Waals surface area contributed by atoms with Crippen molar-refractivity contribution in [3.05, 3.63) is 54.9 Å². The second kappa shape index (κ2) is 8.72. The largest absolute Gasteiger partial charge is 0.460 e. The highest BCUT2D eigenvalue weighted by Crippen LogP contribution is 2.36. The van der Waals surface area contributed by atoms with Gasteiger partial charge in [-0.15, -0.1) is 5.10 Å². The quantitative estimate of drug-likeness (QED) is 0.441. The molecule has 0 aliphatic carbocycles. The predicted molar refractivity (Wildman–Crippen MR) is 99.1 cm³/mol. The van der Waals surface area contributed by atoms with Crippen molar-refractivity contribution < 1.29 is 27.4 Å². The summed E-state index contributed by atoms with van der Waals surface area (Å²) >= 11 is 0. The molecule has 0 amide bonds. The fourth-order valence-corrected chi connectivity index (χ4v) is 2.31. The van der Waals surface area contributed by atoms with Gasteiger partial charge in [-0.25, -0.2) is 24.4 Å². The summed E-state index contributed by atoms with van der Waals surface area (Å²) in [7, 11) is 0. The first-order valence-corrected chi connectivity index (χ1v) is 8.66. The molecule has 0 radical (unpaired) electrons. The minimum Gasteiger partial charge on any atom is -0.460 e. The average Bonchev–Trinajstić information content (AvgIpc) is 3.15. The van der Waals surface area contributed by atoms with E-state index >= 15 is 0 Å². The van der Waals surface area contributed by atoms with E-state index in [1.807, 2.05) is 0 Å². The van der Waals surface area contributed by atoms with Crippen LogP contribution in [0.2, 0.25) is 0 Å². The van der Waals surface area contributed by atoms with E-state index in [9.17, 15) is 18.0 Å². The summed E-state index contributed by atoms with van der Waals surface area (Å²) in [5.41, 5.74) is -0.854. The fourth-order valence-electron chi connectivity index (χ4n) is 2.31. The number of hydrogen-bond donors (Lipinski definition) is 0. The number of esters is 1. The summed E-state index contributed by atoms with van der Waals surface area (Å²) in [4.78, 5) is 23.1. The average molecular weight is 419 g/mol.